The molecule has 1 aromatic rings. The van der Waals surface area contributed by atoms with Crippen molar-refractivity contribution in [3.05, 3.63) is 17.5 Å². The highest BCUT2D eigenvalue weighted by atomic mass is 32.2. The van der Waals surface area contributed by atoms with Gasteiger partial charge in [0.25, 0.3) is 0 Å². The van der Waals surface area contributed by atoms with Crippen molar-refractivity contribution in [2.75, 3.05) is 12.3 Å². The SMILES string of the molecule is O=S(=O)(CC(O)CNC1CCCC1)c1cccs1. The molecular formula is C12H19NO3S2. The predicted molar refractivity (Wildman–Crippen MR) is 72.6 cm³/mol. The molecule has 0 radical (unpaired) electrons. The van der Waals surface area contributed by atoms with E-state index in [1.54, 1.807) is 17.5 Å². The van der Waals surface area contributed by atoms with Crippen LogP contribution in [0.3, 0.4) is 0 Å². The van der Waals surface area contributed by atoms with E-state index >= 15 is 0 Å². The van der Waals surface area contributed by atoms with Crippen molar-refractivity contribution in [2.24, 2.45) is 0 Å². The average molecular weight is 289 g/mol. The summed E-state index contributed by atoms with van der Waals surface area (Å²) in [5, 5.41) is 14.8. The average Bonchev–Trinajstić information content (AvgIpc) is 2.99. The molecule has 4 nitrogen and oxygen atoms in total. The fraction of sp³-hybridized carbons (Fsp3) is 0.667. The van der Waals surface area contributed by atoms with E-state index in [0.29, 0.717) is 16.8 Å². The van der Waals surface area contributed by atoms with Gasteiger partial charge in [-0.1, -0.05) is 18.9 Å². The molecule has 18 heavy (non-hydrogen) atoms. The first-order valence-electron chi connectivity index (χ1n) is 6.25. The van der Waals surface area contributed by atoms with Gasteiger partial charge in [0, 0.05) is 12.6 Å². The fourth-order valence-corrected chi connectivity index (χ4v) is 4.75. The highest BCUT2D eigenvalue weighted by Crippen LogP contribution is 2.19. The van der Waals surface area contributed by atoms with Gasteiger partial charge in [-0.25, -0.2) is 8.42 Å². The lowest BCUT2D eigenvalue weighted by atomic mass is 10.2. The number of hydrogen-bond donors (Lipinski definition) is 2. The largest absolute Gasteiger partial charge is 0.391 e. The van der Waals surface area contributed by atoms with Gasteiger partial charge in [0.1, 0.15) is 4.21 Å². The van der Waals surface area contributed by atoms with Crippen molar-refractivity contribution < 1.29 is 13.5 Å². The molecular weight excluding hydrogens is 270 g/mol. The molecule has 0 aromatic carbocycles. The third kappa shape index (κ3) is 3.78. The number of aliphatic hydroxyl groups excluding tert-OH is 1. The summed E-state index contributed by atoms with van der Waals surface area (Å²) in [5.74, 6) is -0.201. The summed E-state index contributed by atoms with van der Waals surface area (Å²) >= 11 is 1.20. The molecule has 1 heterocycles. The van der Waals surface area contributed by atoms with Gasteiger partial charge in [-0.15, -0.1) is 11.3 Å². The zero-order valence-electron chi connectivity index (χ0n) is 10.2. The number of aliphatic hydroxyl groups is 1. The van der Waals surface area contributed by atoms with Crippen molar-refractivity contribution in [1.29, 1.82) is 0 Å². The molecule has 0 amide bonds. The van der Waals surface area contributed by atoms with Crippen LogP contribution < -0.4 is 5.32 Å². The number of thiophene rings is 1. The summed E-state index contributed by atoms with van der Waals surface area (Å²) in [7, 11) is -3.33. The molecule has 0 bridgehead atoms. The monoisotopic (exact) mass is 289 g/mol. The lowest BCUT2D eigenvalue weighted by Crippen LogP contribution is -2.37. The van der Waals surface area contributed by atoms with Crippen molar-refractivity contribution in [3.63, 3.8) is 0 Å². The van der Waals surface area contributed by atoms with E-state index in [0.717, 1.165) is 12.8 Å². The summed E-state index contributed by atoms with van der Waals surface area (Å²) < 4.78 is 24.2. The van der Waals surface area contributed by atoms with Crippen LogP contribution in [0.5, 0.6) is 0 Å². The van der Waals surface area contributed by atoms with Gasteiger partial charge >= 0.3 is 0 Å². The highest BCUT2D eigenvalue weighted by molar-refractivity contribution is 7.93. The lowest BCUT2D eigenvalue weighted by Gasteiger charge is -2.15. The van der Waals surface area contributed by atoms with Gasteiger partial charge in [0.05, 0.1) is 11.9 Å². The Kier molecular flexibility index (Phi) is 4.77. The second-order valence-electron chi connectivity index (χ2n) is 4.76. The molecule has 1 aliphatic carbocycles. The Bertz CT molecular complexity index is 450. The van der Waals surface area contributed by atoms with Gasteiger partial charge < -0.3 is 10.4 Å². The van der Waals surface area contributed by atoms with Gasteiger partial charge in [0.2, 0.25) is 0 Å². The van der Waals surface area contributed by atoms with E-state index in [2.05, 4.69) is 5.32 Å². The quantitative estimate of drug-likeness (QED) is 0.831. The Morgan fingerprint density at radius 2 is 2.17 bits per heavy atom. The van der Waals surface area contributed by atoms with Crippen LogP contribution in [0.4, 0.5) is 0 Å². The summed E-state index contributed by atoms with van der Waals surface area (Å²) in [6.45, 7) is 0.356. The Morgan fingerprint density at radius 1 is 1.44 bits per heavy atom. The Hall–Kier alpha value is -0.430. The summed E-state index contributed by atoms with van der Waals surface area (Å²) in [6, 6.07) is 3.74. The van der Waals surface area contributed by atoms with Crippen molar-refractivity contribution in [1.82, 2.24) is 5.32 Å². The van der Waals surface area contributed by atoms with Crippen LogP contribution in [0.1, 0.15) is 25.7 Å². The maximum atomic E-state index is 11.9. The first kappa shape index (κ1) is 14.0. The van der Waals surface area contributed by atoms with E-state index in [-0.39, 0.29) is 5.75 Å². The van der Waals surface area contributed by atoms with Gasteiger partial charge in [-0.05, 0) is 24.3 Å². The molecule has 0 aliphatic heterocycles. The molecule has 1 atom stereocenters. The molecule has 6 heteroatoms. The van der Waals surface area contributed by atoms with Gasteiger partial charge in [-0.2, -0.15) is 0 Å². The second-order valence-corrected chi connectivity index (χ2v) is 7.97. The molecule has 0 spiro atoms. The Labute approximate surface area is 112 Å². The third-order valence-corrected chi connectivity index (χ3v) is 6.50. The highest BCUT2D eigenvalue weighted by Gasteiger charge is 2.22. The molecule has 1 unspecified atom stereocenters. The first-order chi connectivity index (χ1) is 8.58. The minimum absolute atomic E-state index is 0.201. The van der Waals surface area contributed by atoms with Crippen molar-refractivity contribution >= 4 is 21.2 Å². The number of sulfone groups is 1. The molecule has 102 valence electrons. The molecule has 1 saturated carbocycles. The number of nitrogens with one attached hydrogen (secondary N) is 1. The fourth-order valence-electron chi connectivity index (χ4n) is 2.27. The second kappa shape index (κ2) is 6.14. The molecule has 1 aromatic heterocycles. The molecule has 1 fully saturated rings. The molecule has 0 saturated heterocycles. The van der Waals surface area contributed by atoms with Gasteiger partial charge in [0.15, 0.2) is 9.84 Å². The van der Waals surface area contributed by atoms with E-state index < -0.39 is 15.9 Å². The van der Waals surface area contributed by atoms with Crippen molar-refractivity contribution in [2.45, 2.75) is 42.0 Å². The Morgan fingerprint density at radius 3 is 2.78 bits per heavy atom. The number of rotatable bonds is 6. The van der Waals surface area contributed by atoms with Crippen LogP contribution in [-0.2, 0) is 9.84 Å². The summed E-state index contributed by atoms with van der Waals surface area (Å²) in [6.07, 6.45) is 3.87. The summed E-state index contributed by atoms with van der Waals surface area (Å²) in [4.78, 5) is 0. The minimum atomic E-state index is -3.33. The van der Waals surface area contributed by atoms with Crippen LogP contribution in [0, 0.1) is 0 Å². The Balaban J connectivity index is 1.81. The number of hydrogen-bond acceptors (Lipinski definition) is 5. The van der Waals surface area contributed by atoms with Crippen LogP contribution in [0.15, 0.2) is 21.7 Å². The maximum absolute atomic E-state index is 11.9. The standard InChI is InChI=1S/C12H19NO3S2/c14-11(8-13-10-4-1-2-5-10)9-18(15,16)12-6-3-7-17-12/h3,6-7,10-11,13-14H,1-2,4-5,8-9H2. The normalized spacial score (nSPS) is 19.2. The van der Waals surface area contributed by atoms with Crippen LogP contribution in [0.25, 0.3) is 0 Å². The van der Waals surface area contributed by atoms with Crippen LogP contribution >= 0.6 is 11.3 Å². The topological polar surface area (TPSA) is 66.4 Å². The maximum Gasteiger partial charge on any atom is 0.190 e. The predicted octanol–water partition coefficient (Wildman–Crippen LogP) is 1.41. The first-order valence-corrected chi connectivity index (χ1v) is 8.79. The molecule has 2 rings (SSSR count). The smallest absolute Gasteiger partial charge is 0.190 e. The zero-order valence-corrected chi connectivity index (χ0v) is 11.8. The lowest BCUT2D eigenvalue weighted by molar-refractivity contribution is 0.188. The van der Waals surface area contributed by atoms with E-state index in [1.807, 2.05) is 0 Å². The van der Waals surface area contributed by atoms with Crippen LogP contribution in [-0.4, -0.2) is 38.0 Å². The van der Waals surface area contributed by atoms with Crippen molar-refractivity contribution in [3.8, 4) is 0 Å². The van der Waals surface area contributed by atoms with Gasteiger partial charge in [-0.3, -0.25) is 0 Å². The van der Waals surface area contributed by atoms with Crippen LogP contribution in [0.2, 0.25) is 0 Å². The zero-order chi connectivity index (χ0) is 13.0. The van der Waals surface area contributed by atoms with E-state index in [1.165, 1.54) is 24.2 Å². The minimum Gasteiger partial charge on any atom is -0.391 e. The molecule has 1 aliphatic rings. The van der Waals surface area contributed by atoms with E-state index in [4.69, 9.17) is 0 Å². The summed E-state index contributed by atoms with van der Waals surface area (Å²) in [5.41, 5.74) is 0. The van der Waals surface area contributed by atoms with E-state index in [9.17, 15) is 13.5 Å². The third-order valence-electron chi connectivity index (χ3n) is 3.21. The molecule has 2 N–H and O–H groups in total.